The number of hydrogen-bond acceptors (Lipinski definition) is 2. The molecule has 11 rings (SSSR count). The van der Waals surface area contributed by atoms with Crippen LogP contribution in [0.4, 0.5) is 0 Å². The molecule has 1 saturated heterocycles. The Morgan fingerprint density at radius 3 is 2.40 bits per heavy atom. The van der Waals surface area contributed by atoms with Gasteiger partial charge in [-0.3, -0.25) is 0 Å². The van der Waals surface area contributed by atoms with Gasteiger partial charge in [0.15, 0.2) is 0 Å². The van der Waals surface area contributed by atoms with Crippen LogP contribution in [0, 0.1) is 5.92 Å². The first kappa shape index (κ1) is 34.9. The number of ether oxygens (including phenoxy) is 1. The highest BCUT2D eigenvalue weighted by atomic mass is 16.5. The standard InChI is InChI=1S/C54H54N2O/c1-3-16-36(17-4-1)37-18-15-19-38(34-37)42-32-33-49(54-53(42)47-26-11-14-29-52(47)57-54)55-48-27-12-9-24-44(48)43-23-8-7-22-41(43)39-30-31-46-45-25-10-13-28-50(45)56(51(46)35-39)40-20-5-2-6-21-40/h1,3-4,10-11,13,15-17,19-20,22-23,25-26,28,30-31,34-35,37,47,52,55H,2,5-9,12,14,18,21,24,27,29,32-33H2. The second kappa shape index (κ2) is 14.9. The Labute approximate surface area is 338 Å². The van der Waals surface area contributed by atoms with Crippen LogP contribution in [-0.2, 0) is 4.74 Å². The Kier molecular flexibility index (Phi) is 9.13. The van der Waals surface area contributed by atoms with Gasteiger partial charge in [0, 0.05) is 39.6 Å². The molecule has 4 aromatic rings. The second-order valence-corrected chi connectivity index (χ2v) is 17.3. The summed E-state index contributed by atoms with van der Waals surface area (Å²) in [6.07, 6.45) is 37.0. The summed E-state index contributed by atoms with van der Waals surface area (Å²) in [5, 5.41) is 6.89. The summed E-state index contributed by atoms with van der Waals surface area (Å²) < 4.78 is 9.64. The fourth-order valence-corrected chi connectivity index (χ4v) is 11.1. The van der Waals surface area contributed by atoms with Crippen LogP contribution in [0.15, 0.2) is 166 Å². The second-order valence-electron chi connectivity index (χ2n) is 17.3. The van der Waals surface area contributed by atoms with Crippen molar-refractivity contribution in [3.05, 3.63) is 178 Å². The first-order valence-electron chi connectivity index (χ1n) is 22.1. The van der Waals surface area contributed by atoms with Crippen LogP contribution in [0.1, 0.15) is 113 Å². The average molecular weight is 747 g/mol. The molecule has 3 unspecified atom stereocenters. The highest BCUT2D eigenvalue weighted by Gasteiger charge is 2.42. The van der Waals surface area contributed by atoms with Gasteiger partial charge >= 0.3 is 0 Å². The number of fused-ring (bicyclic) bond motifs is 6. The number of allylic oxidation sites excluding steroid dienone is 16. The first-order valence-corrected chi connectivity index (χ1v) is 22.1. The van der Waals surface area contributed by atoms with Crippen LogP contribution in [0.25, 0.3) is 33.1 Å². The molecule has 1 aliphatic heterocycles. The molecule has 286 valence electrons. The summed E-state index contributed by atoms with van der Waals surface area (Å²) >= 11 is 0. The van der Waals surface area contributed by atoms with E-state index in [1.54, 1.807) is 0 Å². The number of rotatable bonds is 7. The maximum atomic E-state index is 7.06. The molecule has 0 spiro atoms. The van der Waals surface area contributed by atoms with E-state index in [4.69, 9.17) is 4.74 Å². The van der Waals surface area contributed by atoms with Crippen molar-refractivity contribution >= 4 is 33.1 Å². The van der Waals surface area contributed by atoms with Crippen molar-refractivity contribution in [1.82, 2.24) is 9.88 Å². The largest absolute Gasteiger partial charge is 0.487 e. The third kappa shape index (κ3) is 6.26. The monoisotopic (exact) mass is 746 g/mol. The lowest BCUT2D eigenvalue weighted by atomic mass is 9.77. The Balaban J connectivity index is 0.974. The summed E-state index contributed by atoms with van der Waals surface area (Å²) in [5.41, 5.74) is 18.4. The van der Waals surface area contributed by atoms with Gasteiger partial charge in [0.05, 0.1) is 16.7 Å². The Bertz CT molecular complexity index is 2560. The van der Waals surface area contributed by atoms with E-state index in [0.29, 0.717) is 11.8 Å². The van der Waals surface area contributed by atoms with Crippen LogP contribution >= 0.6 is 0 Å². The minimum atomic E-state index is 0.230. The SMILES string of the molecule is C1=CC2C3=C(C4=CC(c5ccccc5)CC=C4)CCC(NC4=C(C5=CCCC=C5c5ccc6c7ccccc7n(C7=CCCCC7)c6c5)CCCC4)=C3OC2CC1. The number of nitrogens with zero attached hydrogens (tertiary/aromatic N) is 1. The van der Waals surface area contributed by atoms with Gasteiger partial charge < -0.3 is 14.6 Å². The molecule has 2 heterocycles. The van der Waals surface area contributed by atoms with E-state index in [9.17, 15) is 0 Å². The fourth-order valence-electron chi connectivity index (χ4n) is 11.1. The van der Waals surface area contributed by atoms with E-state index < -0.39 is 0 Å². The summed E-state index contributed by atoms with van der Waals surface area (Å²) in [6.45, 7) is 0. The van der Waals surface area contributed by atoms with E-state index >= 15 is 0 Å². The zero-order valence-electron chi connectivity index (χ0n) is 33.2. The van der Waals surface area contributed by atoms with Gasteiger partial charge in [-0.2, -0.15) is 0 Å². The minimum absolute atomic E-state index is 0.230. The third-order valence-corrected chi connectivity index (χ3v) is 13.9. The lowest BCUT2D eigenvalue weighted by molar-refractivity contribution is 0.128. The van der Waals surface area contributed by atoms with Crippen molar-refractivity contribution in [2.75, 3.05) is 0 Å². The molecule has 1 aromatic heterocycles. The highest BCUT2D eigenvalue weighted by molar-refractivity contribution is 6.11. The molecule has 1 fully saturated rings. The highest BCUT2D eigenvalue weighted by Crippen LogP contribution is 2.50. The molecule has 7 aliphatic rings. The number of nitrogens with one attached hydrogen (secondary N) is 1. The van der Waals surface area contributed by atoms with E-state index in [1.165, 1.54) is 116 Å². The number of benzene rings is 3. The molecular weight excluding hydrogens is 693 g/mol. The van der Waals surface area contributed by atoms with Crippen molar-refractivity contribution in [2.24, 2.45) is 5.92 Å². The summed E-state index contributed by atoms with van der Waals surface area (Å²) in [7, 11) is 0. The smallest absolute Gasteiger partial charge is 0.143 e. The van der Waals surface area contributed by atoms with Crippen LogP contribution < -0.4 is 5.32 Å². The first-order chi connectivity index (χ1) is 28.3. The van der Waals surface area contributed by atoms with Gasteiger partial charge in [-0.25, -0.2) is 0 Å². The van der Waals surface area contributed by atoms with Gasteiger partial charge in [-0.1, -0.05) is 109 Å². The van der Waals surface area contributed by atoms with Crippen LogP contribution in [0.5, 0.6) is 0 Å². The predicted octanol–water partition coefficient (Wildman–Crippen LogP) is 14.1. The molecule has 0 bridgehead atoms. The molecule has 57 heavy (non-hydrogen) atoms. The summed E-state index contributed by atoms with van der Waals surface area (Å²) in [4.78, 5) is 0. The molecule has 0 saturated carbocycles. The van der Waals surface area contributed by atoms with Gasteiger partial charge in [-0.15, -0.1) is 0 Å². The summed E-state index contributed by atoms with van der Waals surface area (Å²) in [5.74, 6) is 1.90. The lowest BCUT2D eigenvalue weighted by Gasteiger charge is -2.30. The van der Waals surface area contributed by atoms with Crippen LogP contribution in [0.2, 0.25) is 0 Å². The molecule has 3 aromatic carbocycles. The van der Waals surface area contributed by atoms with Gasteiger partial charge in [0.2, 0.25) is 0 Å². The quantitative estimate of drug-likeness (QED) is 0.191. The molecule has 3 heteroatoms. The topological polar surface area (TPSA) is 26.2 Å². The van der Waals surface area contributed by atoms with Gasteiger partial charge in [-0.05, 0) is 147 Å². The Morgan fingerprint density at radius 1 is 0.649 bits per heavy atom. The molecule has 3 nitrogen and oxygen atoms in total. The molecule has 0 radical (unpaired) electrons. The van der Waals surface area contributed by atoms with Gasteiger partial charge in [0.1, 0.15) is 11.9 Å². The van der Waals surface area contributed by atoms with Crippen molar-refractivity contribution in [1.29, 1.82) is 0 Å². The molecule has 6 aliphatic carbocycles. The number of hydrogen-bond donors (Lipinski definition) is 1. The van der Waals surface area contributed by atoms with Crippen molar-refractivity contribution in [2.45, 2.75) is 108 Å². The normalized spacial score (nSPS) is 24.9. The van der Waals surface area contributed by atoms with E-state index in [2.05, 4.69) is 131 Å². The lowest BCUT2D eigenvalue weighted by Crippen LogP contribution is -2.23. The van der Waals surface area contributed by atoms with Crippen LogP contribution in [-0.4, -0.2) is 10.7 Å². The molecule has 3 atom stereocenters. The van der Waals surface area contributed by atoms with Crippen molar-refractivity contribution in [3.8, 4) is 0 Å². The maximum Gasteiger partial charge on any atom is 0.143 e. The number of aromatic nitrogens is 1. The third-order valence-electron chi connectivity index (χ3n) is 13.9. The molecule has 1 N–H and O–H groups in total. The van der Waals surface area contributed by atoms with Crippen molar-refractivity contribution in [3.63, 3.8) is 0 Å². The van der Waals surface area contributed by atoms with E-state index in [0.717, 1.165) is 70.0 Å². The maximum absolute atomic E-state index is 7.06. The average Bonchev–Trinajstić information content (AvgIpc) is 3.84. The van der Waals surface area contributed by atoms with Crippen molar-refractivity contribution < 1.29 is 4.74 Å². The summed E-state index contributed by atoms with van der Waals surface area (Å²) in [6, 6.07) is 27.4. The predicted molar refractivity (Wildman–Crippen MR) is 237 cm³/mol. The Hall–Kier alpha value is -5.28. The minimum Gasteiger partial charge on any atom is -0.487 e. The number of para-hydroxylation sites is 1. The fraction of sp³-hybridized carbons (Fsp3) is 0.333. The Morgan fingerprint density at radius 2 is 1.49 bits per heavy atom. The van der Waals surface area contributed by atoms with E-state index in [-0.39, 0.29) is 6.10 Å². The van der Waals surface area contributed by atoms with Crippen LogP contribution in [0.3, 0.4) is 0 Å². The zero-order chi connectivity index (χ0) is 37.7. The van der Waals surface area contributed by atoms with E-state index in [1.807, 2.05) is 0 Å². The molecular formula is C54H54N2O. The molecule has 0 amide bonds. The zero-order valence-corrected chi connectivity index (χ0v) is 33.2. The van der Waals surface area contributed by atoms with Gasteiger partial charge in [0.25, 0.3) is 0 Å².